The summed E-state index contributed by atoms with van der Waals surface area (Å²) in [7, 11) is 0. The van der Waals surface area contributed by atoms with Gasteiger partial charge in [0.05, 0.1) is 0 Å². The molecule has 1 aromatic heterocycles. The molecule has 0 aliphatic carbocycles. The van der Waals surface area contributed by atoms with Crippen LogP contribution in [0.1, 0.15) is 19.2 Å². The van der Waals surface area contributed by atoms with Crippen LogP contribution in [0, 0.1) is 0 Å². The zero-order valence-electron chi connectivity index (χ0n) is 6.82. The van der Waals surface area contributed by atoms with Crippen molar-refractivity contribution in [3.8, 4) is 0 Å². The summed E-state index contributed by atoms with van der Waals surface area (Å²) in [6.07, 6.45) is 3.68. The number of hydrogen-bond acceptors (Lipinski definition) is 3. The van der Waals surface area contributed by atoms with Crippen LogP contribution in [-0.2, 0) is 13.0 Å². The van der Waals surface area contributed by atoms with Crippen LogP contribution in [0.15, 0.2) is 6.33 Å². The molecule has 1 rings (SSSR count). The van der Waals surface area contributed by atoms with Crippen LogP contribution >= 0.6 is 0 Å². The van der Waals surface area contributed by atoms with E-state index in [0.717, 1.165) is 31.8 Å². The average molecular weight is 154 g/mol. The third kappa shape index (κ3) is 2.01. The Hall–Kier alpha value is -0.900. The van der Waals surface area contributed by atoms with Crippen LogP contribution in [0.3, 0.4) is 0 Å². The van der Waals surface area contributed by atoms with E-state index >= 15 is 0 Å². The van der Waals surface area contributed by atoms with Crippen molar-refractivity contribution in [2.45, 2.75) is 26.3 Å². The fourth-order valence-electron chi connectivity index (χ4n) is 0.997. The summed E-state index contributed by atoms with van der Waals surface area (Å²) < 4.78 is 2.04. The number of rotatable bonds is 4. The standard InChI is InChI=1S/C7H14N4/c1-2-11-6-9-10-7(11)4-3-5-8/h6H,2-5,8H2,1H3. The SMILES string of the molecule is CCn1cnnc1CCCN. The molecule has 0 unspecified atom stereocenters. The average Bonchev–Trinajstić information content (AvgIpc) is 2.47. The molecule has 1 aromatic rings. The zero-order chi connectivity index (χ0) is 8.10. The molecule has 0 saturated carbocycles. The Morgan fingerprint density at radius 2 is 2.45 bits per heavy atom. The summed E-state index contributed by atoms with van der Waals surface area (Å²) >= 11 is 0. The predicted molar refractivity (Wildman–Crippen MR) is 43.1 cm³/mol. The Morgan fingerprint density at radius 1 is 1.64 bits per heavy atom. The molecule has 0 bridgehead atoms. The second-order valence-electron chi connectivity index (χ2n) is 2.43. The Bertz CT molecular complexity index is 206. The van der Waals surface area contributed by atoms with Crippen LogP contribution in [0.25, 0.3) is 0 Å². The van der Waals surface area contributed by atoms with E-state index in [1.807, 2.05) is 4.57 Å². The van der Waals surface area contributed by atoms with E-state index in [4.69, 9.17) is 5.73 Å². The highest BCUT2D eigenvalue weighted by atomic mass is 15.3. The van der Waals surface area contributed by atoms with Crippen molar-refractivity contribution < 1.29 is 0 Å². The molecule has 62 valence electrons. The van der Waals surface area contributed by atoms with E-state index in [0.29, 0.717) is 0 Å². The number of aryl methyl sites for hydroxylation is 2. The molecule has 4 heteroatoms. The third-order valence-corrected chi connectivity index (χ3v) is 1.64. The summed E-state index contributed by atoms with van der Waals surface area (Å²) in [6, 6.07) is 0. The maximum Gasteiger partial charge on any atom is 0.132 e. The lowest BCUT2D eigenvalue weighted by atomic mass is 10.3. The van der Waals surface area contributed by atoms with Crippen molar-refractivity contribution in [3.63, 3.8) is 0 Å². The molecule has 0 aliphatic rings. The van der Waals surface area contributed by atoms with Gasteiger partial charge in [0.1, 0.15) is 12.2 Å². The topological polar surface area (TPSA) is 56.7 Å². The highest BCUT2D eigenvalue weighted by Crippen LogP contribution is 1.97. The monoisotopic (exact) mass is 154 g/mol. The van der Waals surface area contributed by atoms with Crippen LogP contribution < -0.4 is 5.73 Å². The summed E-state index contributed by atoms with van der Waals surface area (Å²) in [6.45, 7) is 3.73. The van der Waals surface area contributed by atoms with Crippen LogP contribution in [-0.4, -0.2) is 21.3 Å². The van der Waals surface area contributed by atoms with Gasteiger partial charge >= 0.3 is 0 Å². The predicted octanol–water partition coefficient (Wildman–Crippen LogP) is 0.189. The van der Waals surface area contributed by atoms with Gasteiger partial charge in [0, 0.05) is 13.0 Å². The lowest BCUT2D eigenvalue weighted by Crippen LogP contribution is -2.05. The van der Waals surface area contributed by atoms with Crippen molar-refractivity contribution in [3.05, 3.63) is 12.2 Å². The molecule has 0 amide bonds. The molecule has 4 nitrogen and oxygen atoms in total. The van der Waals surface area contributed by atoms with Gasteiger partial charge in [-0.2, -0.15) is 0 Å². The molecule has 0 aliphatic heterocycles. The Kier molecular flexibility index (Phi) is 3.04. The van der Waals surface area contributed by atoms with Crippen molar-refractivity contribution in [2.24, 2.45) is 5.73 Å². The molecule has 0 aromatic carbocycles. The smallest absolute Gasteiger partial charge is 0.132 e. The number of nitrogens with two attached hydrogens (primary N) is 1. The maximum atomic E-state index is 5.38. The van der Waals surface area contributed by atoms with Gasteiger partial charge in [-0.15, -0.1) is 10.2 Å². The Balaban J connectivity index is 2.54. The fourth-order valence-corrected chi connectivity index (χ4v) is 0.997. The summed E-state index contributed by atoms with van der Waals surface area (Å²) in [5.41, 5.74) is 5.38. The first-order valence-electron chi connectivity index (χ1n) is 3.95. The van der Waals surface area contributed by atoms with E-state index in [9.17, 15) is 0 Å². The van der Waals surface area contributed by atoms with Crippen LogP contribution in [0.2, 0.25) is 0 Å². The van der Waals surface area contributed by atoms with Gasteiger partial charge in [0.15, 0.2) is 0 Å². The van der Waals surface area contributed by atoms with Crippen molar-refractivity contribution in [2.75, 3.05) is 6.54 Å². The van der Waals surface area contributed by atoms with E-state index in [1.165, 1.54) is 0 Å². The van der Waals surface area contributed by atoms with Gasteiger partial charge in [-0.25, -0.2) is 0 Å². The molecular formula is C7H14N4. The molecule has 0 radical (unpaired) electrons. The van der Waals surface area contributed by atoms with Crippen LogP contribution in [0.5, 0.6) is 0 Å². The first-order chi connectivity index (χ1) is 5.38. The van der Waals surface area contributed by atoms with Gasteiger partial charge in [-0.3, -0.25) is 0 Å². The van der Waals surface area contributed by atoms with Gasteiger partial charge in [-0.05, 0) is 19.9 Å². The Morgan fingerprint density at radius 3 is 3.09 bits per heavy atom. The lowest BCUT2D eigenvalue weighted by Gasteiger charge is -2.00. The van der Waals surface area contributed by atoms with Crippen molar-refractivity contribution >= 4 is 0 Å². The molecule has 11 heavy (non-hydrogen) atoms. The number of hydrogen-bond donors (Lipinski definition) is 1. The third-order valence-electron chi connectivity index (χ3n) is 1.64. The summed E-state index contributed by atoms with van der Waals surface area (Å²) in [5.74, 6) is 1.04. The van der Waals surface area contributed by atoms with E-state index in [2.05, 4.69) is 17.1 Å². The fraction of sp³-hybridized carbons (Fsp3) is 0.714. The molecular weight excluding hydrogens is 140 g/mol. The molecule has 0 fully saturated rings. The lowest BCUT2D eigenvalue weighted by molar-refractivity contribution is 0.672. The molecule has 0 saturated heterocycles. The molecule has 0 spiro atoms. The number of nitrogens with zero attached hydrogens (tertiary/aromatic N) is 3. The first kappa shape index (κ1) is 8.20. The summed E-state index contributed by atoms with van der Waals surface area (Å²) in [4.78, 5) is 0. The second-order valence-corrected chi connectivity index (χ2v) is 2.43. The minimum Gasteiger partial charge on any atom is -0.330 e. The molecule has 0 atom stereocenters. The number of aromatic nitrogens is 3. The summed E-state index contributed by atoms with van der Waals surface area (Å²) in [5, 5.41) is 7.80. The van der Waals surface area contributed by atoms with E-state index in [1.54, 1.807) is 6.33 Å². The largest absolute Gasteiger partial charge is 0.330 e. The van der Waals surface area contributed by atoms with Crippen molar-refractivity contribution in [1.82, 2.24) is 14.8 Å². The van der Waals surface area contributed by atoms with Gasteiger partial charge < -0.3 is 10.3 Å². The second kappa shape index (κ2) is 4.08. The quantitative estimate of drug-likeness (QED) is 0.673. The van der Waals surface area contributed by atoms with E-state index in [-0.39, 0.29) is 0 Å². The minimum atomic E-state index is 0.719. The maximum absolute atomic E-state index is 5.38. The zero-order valence-corrected chi connectivity index (χ0v) is 6.82. The highest BCUT2D eigenvalue weighted by Gasteiger charge is 1.99. The minimum absolute atomic E-state index is 0.719. The molecule has 1 heterocycles. The van der Waals surface area contributed by atoms with Gasteiger partial charge in [0.25, 0.3) is 0 Å². The highest BCUT2D eigenvalue weighted by molar-refractivity contribution is 4.85. The normalized spacial score (nSPS) is 10.4. The van der Waals surface area contributed by atoms with Crippen LogP contribution in [0.4, 0.5) is 0 Å². The Labute approximate surface area is 66.4 Å². The first-order valence-corrected chi connectivity index (χ1v) is 3.95. The van der Waals surface area contributed by atoms with Gasteiger partial charge in [0.2, 0.25) is 0 Å². The van der Waals surface area contributed by atoms with E-state index < -0.39 is 0 Å². The molecule has 2 N–H and O–H groups in total. The van der Waals surface area contributed by atoms with Crippen molar-refractivity contribution in [1.29, 1.82) is 0 Å². The van der Waals surface area contributed by atoms with Gasteiger partial charge in [-0.1, -0.05) is 0 Å².